The molecule has 0 saturated carbocycles. The maximum Gasteiger partial charge on any atom is -0.00239 e. The Hall–Kier alpha value is -2.08. The van der Waals surface area contributed by atoms with Crippen molar-refractivity contribution in [1.82, 2.24) is 0 Å². The fraction of sp³-hybridized carbons (Fsp3) is 0.273. The van der Waals surface area contributed by atoms with Crippen molar-refractivity contribution in [2.75, 3.05) is 0 Å². The second kappa shape index (κ2) is 5.28. The average Bonchev–Trinajstić information content (AvgIpc) is 2.49. The first-order valence-electron chi connectivity index (χ1n) is 8.08. The summed E-state index contributed by atoms with van der Waals surface area (Å²) in [5, 5.41) is 6.73. The molecule has 0 unspecified atom stereocenters. The minimum Gasteiger partial charge on any atom is -0.0984 e. The highest BCUT2D eigenvalue weighted by Gasteiger charge is 2.18. The quantitative estimate of drug-likeness (QED) is 0.555. The Morgan fingerprint density at radius 1 is 0.955 bits per heavy atom. The standard InChI is InChI=1S/C22H24/c1-6-8-16-11-13-18-19(22(3,4)5)14-12-17-10-9-15(7-2)20(16)21(17)18/h7-14H,2,6H2,1,3-5H3/b16-8-. The molecule has 0 spiro atoms. The molecule has 0 aliphatic heterocycles. The van der Waals surface area contributed by atoms with Crippen LogP contribution in [0.2, 0.25) is 0 Å². The molecule has 112 valence electrons. The summed E-state index contributed by atoms with van der Waals surface area (Å²) in [5.74, 6) is 0. The van der Waals surface area contributed by atoms with E-state index in [4.69, 9.17) is 0 Å². The van der Waals surface area contributed by atoms with Crippen molar-refractivity contribution < 1.29 is 0 Å². The summed E-state index contributed by atoms with van der Waals surface area (Å²) in [6.45, 7) is 13.1. The summed E-state index contributed by atoms with van der Waals surface area (Å²) in [5.41, 5.74) is 2.78. The van der Waals surface area contributed by atoms with Crippen molar-refractivity contribution in [3.8, 4) is 0 Å². The molecule has 3 aromatic rings. The lowest BCUT2D eigenvalue weighted by atomic mass is 9.81. The lowest BCUT2D eigenvalue weighted by Crippen LogP contribution is -2.13. The summed E-state index contributed by atoms with van der Waals surface area (Å²) in [4.78, 5) is 0. The molecule has 22 heavy (non-hydrogen) atoms. The first kappa shape index (κ1) is 14.8. The maximum absolute atomic E-state index is 4.01. The maximum atomic E-state index is 4.01. The molecule has 0 nitrogen and oxygen atoms in total. The smallest absolute Gasteiger partial charge is 0.00239 e. The van der Waals surface area contributed by atoms with Crippen LogP contribution < -0.4 is 5.22 Å². The molecule has 3 aromatic carbocycles. The minimum atomic E-state index is 0.140. The zero-order chi connectivity index (χ0) is 15.9. The van der Waals surface area contributed by atoms with Gasteiger partial charge >= 0.3 is 0 Å². The Morgan fingerprint density at radius 3 is 2.32 bits per heavy atom. The zero-order valence-corrected chi connectivity index (χ0v) is 14.0. The zero-order valence-electron chi connectivity index (χ0n) is 14.0. The van der Waals surface area contributed by atoms with Crippen molar-refractivity contribution >= 4 is 33.7 Å². The highest BCUT2D eigenvalue weighted by atomic mass is 14.2. The van der Waals surface area contributed by atoms with Crippen LogP contribution in [-0.4, -0.2) is 0 Å². The monoisotopic (exact) mass is 288 g/mol. The molecule has 3 rings (SSSR count). The second-order valence-electron chi connectivity index (χ2n) is 7.01. The van der Waals surface area contributed by atoms with Gasteiger partial charge in [-0.15, -0.1) is 0 Å². The van der Waals surface area contributed by atoms with Crippen LogP contribution in [0.25, 0.3) is 33.7 Å². The van der Waals surface area contributed by atoms with Gasteiger partial charge in [-0.2, -0.15) is 0 Å². The Labute approximate surface area is 133 Å². The third-order valence-electron chi connectivity index (χ3n) is 4.43. The molecule has 0 aliphatic carbocycles. The topological polar surface area (TPSA) is 0 Å². The van der Waals surface area contributed by atoms with Crippen LogP contribution >= 0.6 is 0 Å². The molecule has 0 radical (unpaired) electrons. The van der Waals surface area contributed by atoms with Crippen LogP contribution in [0.1, 0.15) is 45.2 Å². The van der Waals surface area contributed by atoms with Crippen LogP contribution in [0.5, 0.6) is 0 Å². The van der Waals surface area contributed by atoms with Crippen molar-refractivity contribution in [2.45, 2.75) is 39.5 Å². The van der Waals surface area contributed by atoms with Crippen LogP contribution in [0.3, 0.4) is 0 Å². The third kappa shape index (κ3) is 2.23. The Kier molecular flexibility index (Phi) is 3.56. The first-order chi connectivity index (χ1) is 10.5. The summed E-state index contributed by atoms with van der Waals surface area (Å²) < 4.78 is 0. The van der Waals surface area contributed by atoms with Gasteiger partial charge < -0.3 is 0 Å². The highest BCUT2D eigenvalue weighted by molar-refractivity contribution is 6.14. The van der Waals surface area contributed by atoms with E-state index in [1.807, 2.05) is 6.08 Å². The highest BCUT2D eigenvalue weighted by Crippen LogP contribution is 2.35. The summed E-state index contributed by atoms with van der Waals surface area (Å²) in [7, 11) is 0. The van der Waals surface area contributed by atoms with Crippen molar-refractivity contribution in [3.05, 3.63) is 59.3 Å². The van der Waals surface area contributed by atoms with E-state index in [1.54, 1.807) is 0 Å². The van der Waals surface area contributed by atoms with E-state index in [1.165, 1.54) is 37.9 Å². The molecule has 0 saturated heterocycles. The molecule has 0 fully saturated rings. The van der Waals surface area contributed by atoms with Crippen LogP contribution in [0, 0.1) is 0 Å². The van der Waals surface area contributed by atoms with Gasteiger partial charge in [-0.25, -0.2) is 0 Å². The van der Waals surface area contributed by atoms with Gasteiger partial charge in [0.15, 0.2) is 0 Å². The summed E-state index contributed by atoms with van der Waals surface area (Å²) in [6, 6.07) is 13.5. The minimum absolute atomic E-state index is 0.140. The summed E-state index contributed by atoms with van der Waals surface area (Å²) >= 11 is 0. The van der Waals surface area contributed by atoms with Crippen molar-refractivity contribution in [1.29, 1.82) is 0 Å². The lowest BCUT2D eigenvalue weighted by molar-refractivity contribution is 0.596. The number of hydrogen-bond donors (Lipinski definition) is 0. The summed E-state index contributed by atoms with van der Waals surface area (Å²) in [6.07, 6.45) is 5.33. The van der Waals surface area contributed by atoms with E-state index in [9.17, 15) is 0 Å². The lowest BCUT2D eigenvalue weighted by Gasteiger charge is -2.23. The molecule has 0 N–H and O–H groups in total. The predicted molar refractivity (Wildman–Crippen MR) is 100 cm³/mol. The first-order valence-corrected chi connectivity index (χ1v) is 8.08. The second-order valence-corrected chi connectivity index (χ2v) is 7.01. The normalized spacial score (nSPS) is 13.2. The Morgan fingerprint density at radius 2 is 1.68 bits per heavy atom. The molecule has 0 amide bonds. The van der Waals surface area contributed by atoms with Gasteiger partial charge in [-0.3, -0.25) is 0 Å². The largest absolute Gasteiger partial charge is 0.0984 e. The van der Waals surface area contributed by atoms with Gasteiger partial charge in [-0.05, 0) is 49.7 Å². The fourth-order valence-corrected chi connectivity index (χ4v) is 3.42. The third-order valence-corrected chi connectivity index (χ3v) is 4.43. The molecule has 0 heteroatoms. The Bertz CT molecular complexity index is 905. The molecular formula is C22H24. The SMILES string of the molecule is C=Cc1ccc2ccc(C(C)(C)C)c3cc/c(=C/CC)c1c23. The number of hydrogen-bond acceptors (Lipinski definition) is 0. The molecule has 0 heterocycles. The average molecular weight is 288 g/mol. The van der Waals surface area contributed by atoms with E-state index in [2.05, 4.69) is 76.7 Å². The van der Waals surface area contributed by atoms with Crippen LogP contribution in [0.15, 0.2) is 43.0 Å². The molecule has 0 bridgehead atoms. The van der Waals surface area contributed by atoms with E-state index in [0.29, 0.717) is 0 Å². The van der Waals surface area contributed by atoms with E-state index in [-0.39, 0.29) is 5.41 Å². The predicted octanol–water partition coefficient (Wildman–Crippen LogP) is 5.84. The molecule has 0 aliphatic rings. The van der Waals surface area contributed by atoms with E-state index >= 15 is 0 Å². The molecular weight excluding hydrogens is 264 g/mol. The number of rotatable bonds is 2. The molecule has 0 aromatic heterocycles. The van der Waals surface area contributed by atoms with Gasteiger partial charge in [-0.1, -0.05) is 82.8 Å². The van der Waals surface area contributed by atoms with Crippen molar-refractivity contribution in [3.63, 3.8) is 0 Å². The van der Waals surface area contributed by atoms with Gasteiger partial charge in [0.2, 0.25) is 0 Å². The van der Waals surface area contributed by atoms with Gasteiger partial charge in [0, 0.05) is 0 Å². The van der Waals surface area contributed by atoms with Crippen LogP contribution in [0.4, 0.5) is 0 Å². The van der Waals surface area contributed by atoms with Gasteiger partial charge in [0.1, 0.15) is 0 Å². The van der Waals surface area contributed by atoms with Crippen LogP contribution in [-0.2, 0) is 5.41 Å². The molecule has 0 atom stereocenters. The fourth-order valence-electron chi connectivity index (χ4n) is 3.42. The number of benzene rings is 3. The van der Waals surface area contributed by atoms with Crippen molar-refractivity contribution in [2.24, 2.45) is 0 Å². The van der Waals surface area contributed by atoms with Gasteiger partial charge in [0.25, 0.3) is 0 Å². The van der Waals surface area contributed by atoms with Gasteiger partial charge in [0.05, 0.1) is 0 Å². The van der Waals surface area contributed by atoms with E-state index < -0.39 is 0 Å². The van der Waals surface area contributed by atoms with E-state index in [0.717, 1.165) is 6.42 Å². The Balaban J connectivity index is 2.61.